The maximum atomic E-state index is 14.2. The first-order valence-electron chi connectivity index (χ1n) is 18.0. The van der Waals surface area contributed by atoms with Crippen molar-refractivity contribution in [2.75, 3.05) is 27.3 Å². The minimum Gasteiger partial charge on any atom is -0.493 e. The Hall–Kier alpha value is -5.34. The number of nitrogens with zero attached hydrogens (tertiary/aromatic N) is 1. The van der Waals surface area contributed by atoms with E-state index in [1.165, 1.54) is 11.1 Å². The zero-order chi connectivity index (χ0) is 39.5. The van der Waals surface area contributed by atoms with E-state index >= 15 is 0 Å². The van der Waals surface area contributed by atoms with Gasteiger partial charge in [0.25, 0.3) is 5.91 Å². The summed E-state index contributed by atoms with van der Waals surface area (Å²) in [6.07, 6.45) is 0.346. The number of fused-ring (bicyclic) bond motifs is 1. The zero-order valence-corrected chi connectivity index (χ0v) is 30.6. The Morgan fingerprint density at radius 3 is 2.07 bits per heavy atom. The molecule has 1 amide bonds. The Labute approximate surface area is 320 Å². The summed E-state index contributed by atoms with van der Waals surface area (Å²) in [5.41, 5.74) is 5.52. The predicted molar refractivity (Wildman–Crippen MR) is 196 cm³/mol. The lowest BCUT2D eigenvalue weighted by atomic mass is 9.96. The molecule has 0 spiro atoms. The van der Waals surface area contributed by atoms with Gasteiger partial charge in [0.05, 0.1) is 33.0 Å². The quantitative estimate of drug-likeness (QED) is 0.0797. The van der Waals surface area contributed by atoms with E-state index < -0.39 is 46.8 Å². The summed E-state index contributed by atoms with van der Waals surface area (Å²) < 4.78 is 93.4. The van der Waals surface area contributed by atoms with Crippen molar-refractivity contribution in [2.45, 2.75) is 51.0 Å². The Morgan fingerprint density at radius 1 is 0.768 bits per heavy atom. The highest BCUT2D eigenvalue weighted by atomic mass is 19.2. The van der Waals surface area contributed by atoms with E-state index in [1.807, 2.05) is 66.7 Å². The van der Waals surface area contributed by atoms with Crippen molar-refractivity contribution < 1.29 is 50.8 Å². The van der Waals surface area contributed by atoms with E-state index in [2.05, 4.69) is 10.2 Å². The molecule has 292 valence electrons. The number of amides is 1. The monoisotopic (exact) mass is 774 g/mol. The molecular formula is C43H39F5N2O6. The van der Waals surface area contributed by atoms with Crippen LogP contribution in [0.15, 0.2) is 84.9 Å². The van der Waals surface area contributed by atoms with E-state index in [0.717, 1.165) is 47.3 Å². The number of methoxy groups -OCH3 is 2. The number of aliphatic hydroxyl groups is 1. The van der Waals surface area contributed by atoms with Crippen molar-refractivity contribution >= 4 is 5.91 Å². The number of aliphatic hydroxyl groups excluding tert-OH is 1. The third kappa shape index (κ3) is 8.12. The van der Waals surface area contributed by atoms with Crippen molar-refractivity contribution in [3.05, 3.63) is 153 Å². The second-order valence-corrected chi connectivity index (χ2v) is 13.8. The Morgan fingerprint density at radius 2 is 1.41 bits per heavy atom. The average molecular weight is 775 g/mol. The van der Waals surface area contributed by atoms with Gasteiger partial charge in [-0.3, -0.25) is 9.69 Å². The molecule has 2 N–H and O–H groups in total. The van der Waals surface area contributed by atoms with Crippen LogP contribution in [0.5, 0.6) is 11.5 Å². The number of hydrogen-bond acceptors (Lipinski definition) is 7. The van der Waals surface area contributed by atoms with E-state index in [-0.39, 0.29) is 25.4 Å². The third-order valence-electron chi connectivity index (χ3n) is 10.2. The molecule has 2 aliphatic rings. The van der Waals surface area contributed by atoms with Crippen LogP contribution in [0.1, 0.15) is 62.6 Å². The maximum Gasteiger partial charge on any atom is 0.257 e. The fraction of sp³-hybridized carbons (Fsp3) is 0.279. The number of nitrogens with one attached hydrogen (secondary N) is 1. The summed E-state index contributed by atoms with van der Waals surface area (Å²) >= 11 is 0. The molecule has 3 atom stereocenters. The van der Waals surface area contributed by atoms with Crippen molar-refractivity contribution in [2.24, 2.45) is 0 Å². The largest absolute Gasteiger partial charge is 0.493 e. The van der Waals surface area contributed by atoms with Gasteiger partial charge in [0, 0.05) is 38.2 Å². The lowest BCUT2D eigenvalue weighted by Gasteiger charge is -2.39. The van der Waals surface area contributed by atoms with Crippen LogP contribution >= 0.6 is 0 Å². The number of hydrogen-bond donors (Lipinski definition) is 2. The molecule has 0 aromatic heterocycles. The second-order valence-electron chi connectivity index (χ2n) is 13.8. The molecule has 1 fully saturated rings. The third-order valence-corrected chi connectivity index (χ3v) is 10.2. The smallest absolute Gasteiger partial charge is 0.257 e. The SMILES string of the molecule is COc1cc2c(cc1OC)CN(C[C@@H]1C[C@H](c3ccc(CO)cc3)O[C@H](c3ccc(-c4cccc(CNC(=O)c5c(F)c(F)c(F)c(F)c5F)c4)cc3)O1)CC2. The van der Waals surface area contributed by atoms with Gasteiger partial charge in [0.15, 0.2) is 41.1 Å². The fourth-order valence-electron chi connectivity index (χ4n) is 7.19. The van der Waals surface area contributed by atoms with Crippen LogP contribution in [0.2, 0.25) is 0 Å². The van der Waals surface area contributed by atoms with Crippen molar-refractivity contribution in [1.82, 2.24) is 10.2 Å². The van der Waals surface area contributed by atoms with Crippen LogP contribution in [0.3, 0.4) is 0 Å². The Balaban J connectivity index is 1.06. The number of benzene rings is 5. The molecular weight excluding hydrogens is 735 g/mol. The van der Waals surface area contributed by atoms with Crippen molar-refractivity contribution in [3.8, 4) is 22.6 Å². The number of rotatable bonds is 11. The molecule has 5 aromatic carbocycles. The van der Waals surface area contributed by atoms with Gasteiger partial charge in [0.1, 0.15) is 5.56 Å². The normalized spacial score (nSPS) is 18.3. The molecule has 2 aliphatic heterocycles. The highest BCUT2D eigenvalue weighted by Crippen LogP contribution is 2.40. The highest BCUT2D eigenvalue weighted by molar-refractivity contribution is 5.94. The first kappa shape index (κ1) is 38.9. The van der Waals surface area contributed by atoms with E-state index in [4.69, 9.17) is 18.9 Å². The van der Waals surface area contributed by atoms with Gasteiger partial charge in [-0.15, -0.1) is 0 Å². The number of carbonyl (C=O) groups excluding carboxylic acids is 1. The Bertz CT molecular complexity index is 2190. The summed E-state index contributed by atoms with van der Waals surface area (Å²) in [7, 11) is 3.26. The van der Waals surface area contributed by atoms with Crippen LogP contribution in [0, 0.1) is 29.1 Å². The van der Waals surface area contributed by atoms with Gasteiger partial charge >= 0.3 is 0 Å². The molecule has 0 unspecified atom stereocenters. The molecule has 0 saturated carbocycles. The number of halogens is 5. The predicted octanol–water partition coefficient (Wildman–Crippen LogP) is 8.09. The fourth-order valence-corrected chi connectivity index (χ4v) is 7.19. The van der Waals surface area contributed by atoms with Crippen molar-refractivity contribution in [3.63, 3.8) is 0 Å². The van der Waals surface area contributed by atoms with Crippen molar-refractivity contribution in [1.29, 1.82) is 0 Å². The molecule has 0 radical (unpaired) electrons. The molecule has 8 nitrogen and oxygen atoms in total. The molecule has 2 heterocycles. The lowest BCUT2D eigenvalue weighted by molar-refractivity contribution is -0.253. The first-order chi connectivity index (χ1) is 27.1. The van der Waals surface area contributed by atoms with Crippen LogP contribution < -0.4 is 14.8 Å². The van der Waals surface area contributed by atoms with E-state index in [1.54, 1.807) is 32.4 Å². The van der Waals surface area contributed by atoms with Gasteiger partial charge in [-0.05, 0) is 63.6 Å². The first-order valence-corrected chi connectivity index (χ1v) is 18.0. The van der Waals surface area contributed by atoms with Gasteiger partial charge in [-0.2, -0.15) is 0 Å². The van der Waals surface area contributed by atoms with Gasteiger partial charge in [0.2, 0.25) is 5.82 Å². The summed E-state index contributed by atoms with van der Waals surface area (Å²) in [5, 5.41) is 11.8. The second kappa shape index (κ2) is 16.8. The minimum absolute atomic E-state index is 0.0600. The molecule has 0 bridgehead atoms. The maximum absolute atomic E-state index is 14.2. The average Bonchev–Trinajstić information content (AvgIpc) is 3.23. The van der Waals surface area contributed by atoms with Crippen LogP contribution in [0.4, 0.5) is 22.0 Å². The summed E-state index contributed by atoms with van der Waals surface area (Å²) in [5.74, 6) is -11.2. The van der Waals surface area contributed by atoms with Crippen LogP contribution in [0.25, 0.3) is 11.1 Å². The molecule has 5 aromatic rings. The zero-order valence-electron chi connectivity index (χ0n) is 30.6. The number of carbonyl (C=O) groups is 1. The summed E-state index contributed by atoms with van der Waals surface area (Å²) in [4.78, 5) is 14.9. The molecule has 7 rings (SSSR count). The topological polar surface area (TPSA) is 89.5 Å². The minimum atomic E-state index is -2.34. The molecule has 56 heavy (non-hydrogen) atoms. The molecule has 0 aliphatic carbocycles. The standard InChI is InChI=1S/C43H39F5N2O6/c1-53-34-17-30-14-15-50(21-31(30)18-35(34)54-2)22-32-19-33(27-8-6-24(23-51)7-9-27)56-43(55-32)28-12-10-26(11-13-28)29-5-3-4-25(16-29)20-49-42(52)36-37(44)39(46)41(48)40(47)38(36)45/h3-13,16-18,32-33,43,51H,14-15,19-23H2,1-2H3,(H,49,52)/t32-,33+,43+/m0/s1. The highest BCUT2D eigenvalue weighted by Gasteiger charge is 2.34. The van der Waals surface area contributed by atoms with Crippen LogP contribution in [-0.2, 0) is 35.6 Å². The lowest BCUT2D eigenvalue weighted by Crippen LogP contribution is -2.41. The Kier molecular flexibility index (Phi) is 11.7. The van der Waals surface area contributed by atoms with Gasteiger partial charge < -0.3 is 29.4 Å². The van der Waals surface area contributed by atoms with E-state index in [9.17, 15) is 31.9 Å². The number of ether oxygens (including phenoxy) is 4. The summed E-state index contributed by atoms with van der Waals surface area (Å²) in [6.45, 7) is 1.95. The van der Waals surface area contributed by atoms with E-state index in [0.29, 0.717) is 30.0 Å². The van der Waals surface area contributed by atoms with Gasteiger partial charge in [-0.1, -0.05) is 66.7 Å². The molecule has 1 saturated heterocycles. The van der Waals surface area contributed by atoms with Gasteiger partial charge in [-0.25, -0.2) is 22.0 Å². The summed E-state index contributed by atoms with van der Waals surface area (Å²) in [6, 6.07) is 26.3. The molecule has 13 heteroatoms. The van der Waals surface area contributed by atoms with Crippen LogP contribution in [-0.4, -0.2) is 49.3 Å².